The Bertz CT molecular complexity index is 1030. The van der Waals surface area contributed by atoms with Crippen LogP contribution in [0.4, 0.5) is 10.8 Å². The predicted molar refractivity (Wildman–Crippen MR) is 113 cm³/mol. The summed E-state index contributed by atoms with van der Waals surface area (Å²) in [7, 11) is 0. The van der Waals surface area contributed by atoms with Gasteiger partial charge in [-0.25, -0.2) is 9.78 Å². The van der Waals surface area contributed by atoms with Gasteiger partial charge in [-0.1, -0.05) is 18.2 Å². The van der Waals surface area contributed by atoms with E-state index >= 15 is 0 Å². The number of thiazole rings is 1. The first-order valence-corrected chi connectivity index (χ1v) is 9.86. The first-order valence-electron chi connectivity index (χ1n) is 8.98. The van der Waals surface area contributed by atoms with Crippen molar-refractivity contribution in [2.24, 2.45) is 0 Å². The predicted octanol–water partition coefficient (Wildman–Crippen LogP) is 4.08. The first kappa shape index (κ1) is 21.0. The largest absolute Gasteiger partial charge is 0.457 e. The second-order valence-corrected chi connectivity index (χ2v) is 7.05. The molecule has 0 spiro atoms. The van der Waals surface area contributed by atoms with Gasteiger partial charge in [0.15, 0.2) is 16.9 Å². The topological polar surface area (TPSA) is 107 Å². The fraction of sp³-hybridized carbons (Fsp3) is 0.143. The van der Waals surface area contributed by atoms with Gasteiger partial charge in [-0.05, 0) is 43.3 Å². The molecule has 2 amide bonds. The van der Waals surface area contributed by atoms with Gasteiger partial charge in [0.25, 0.3) is 5.91 Å². The number of nitrogens with zero attached hydrogens (tertiary/aromatic N) is 1. The molecule has 0 radical (unpaired) electrons. The zero-order valence-electron chi connectivity index (χ0n) is 16.2. The Morgan fingerprint density at radius 3 is 2.30 bits per heavy atom. The van der Waals surface area contributed by atoms with Crippen LogP contribution < -0.4 is 15.4 Å². The van der Waals surface area contributed by atoms with Crippen LogP contribution in [0.15, 0.2) is 60.0 Å². The molecule has 1 aromatic heterocycles. The van der Waals surface area contributed by atoms with E-state index in [1.54, 1.807) is 24.3 Å². The summed E-state index contributed by atoms with van der Waals surface area (Å²) >= 11 is 1.09. The molecule has 3 rings (SSSR count). The third-order valence-corrected chi connectivity index (χ3v) is 4.51. The van der Waals surface area contributed by atoms with E-state index in [1.807, 2.05) is 30.3 Å². The molecule has 1 heterocycles. The Hall–Kier alpha value is -3.72. The number of anilines is 2. The third kappa shape index (κ3) is 5.89. The van der Waals surface area contributed by atoms with Crippen molar-refractivity contribution in [1.29, 1.82) is 0 Å². The molecule has 154 valence electrons. The summed E-state index contributed by atoms with van der Waals surface area (Å²) in [6.45, 7) is 2.80. The van der Waals surface area contributed by atoms with Crippen LogP contribution in [0.5, 0.6) is 11.5 Å². The molecule has 0 aliphatic rings. The fourth-order valence-electron chi connectivity index (χ4n) is 2.32. The molecule has 1 unspecified atom stereocenters. The van der Waals surface area contributed by atoms with Gasteiger partial charge in [0.1, 0.15) is 11.5 Å². The van der Waals surface area contributed by atoms with E-state index in [4.69, 9.17) is 9.47 Å². The smallest absolute Gasteiger partial charge is 0.358 e. The zero-order chi connectivity index (χ0) is 21.5. The van der Waals surface area contributed by atoms with E-state index in [2.05, 4.69) is 15.6 Å². The van der Waals surface area contributed by atoms with Crippen LogP contribution in [0.2, 0.25) is 0 Å². The van der Waals surface area contributed by atoms with Crippen LogP contribution >= 0.6 is 11.3 Å². The van der Waals surface area contributed by atoms with Gasteiger partial charge >= 0.3 is 5.97 Å². The zero-order valence-corrected chi connectivity index (χ0v) is 17.1. The van der Waals surface area contributed by atoms with Crippen LogP contribution in [0, 0.1) is 0 Å². The number of hydrogen-bond donors (Lipinski definition) is 2. The van der Waals surface area contributed by atoms with Crippen molar-refractivity contribution < 1.29 is 23.9 Å². The first-order chi connectivity index (χ1) is 14.4. The van der Waals surface area contributed by atoms with Crippen molar-refractivity contribution in [3.8, 4) is 11.5 Å². The number of aromatic nitrogens is 1. The summed E-state index contributed by atoms with van der Waals surface area (Å²) in [5.74, 6) is -0.206. The minimum atomic E-state index is -1.04. The lowest BCUT2D eigenvalue weighted by Gasteiger charge is -2.13. The number of hydrogen-bond acceptors (Lipinski definition) is 7. The number of para-hydroxylation sites is 1. The van der Waals surface area contributed by atoms with Crippen molar-refractivity contribution >= 4 is 39.9 Å². The van der Waals surface area contributed by atoms with Crippen molar-refractivity contribution in [2.75, 3.05) is 10.6 Å². The van der Waals surface area contributed by atoms with Gasteiger partial charge < -0.3 is 20.1 Å². The van der Waals surface area contributed by atoms with Crippen LogP contribution in [0.1, 0.15) is 24.3 Å². The molecule has 0 aliphatic carbocycles. The summed E-state index contributed by atoms with van der Waals surface area (Å²) in [5.41, 5.74) is 0.552. The molecule has 0 saturated heterocycles. The second-order valence-electron chi connectivity index (χ2n) is 6.20. The van der Waals surface area contributed by atoms with E-state index in [0.717, 1.165) is 11.3 Å². The molecule has 3 aromatic rings. The number of esters is 1. The minimum absolute atomic E-state index is 0.0193. The standard InChI is InChI=1S/C21H19N3O5S/c1-13(28-20(27)18-12-30-21(24-18)22-14(2)25)19(26)23-15-8-10-17(11-9-15)29-16-6-4-3-5-7-16/h3-13H,1-2H3,(H,23,26)(H,22,24,25). The molecular formula is C21H19N3O5S. The highest BCUT2D eigenvalue weighted by atomic mass is 32.1. The second kappa shape index (κ2) is 9.66. The van der Waals surface area contributed by atoms with Crippen molar-refractivity contribution in [3.63, 3.8) is 0 Å². The number of rotatable bonds is 7. The van der Waals surface area contributed by atoms with Gasteiger partial charge in [-0.15, -0.1) is 11.3 Å². The Balaban J connectivity index is 1.53. The number of nitrogens with one attached hydrogen (secondary N) is 2. The molecule has 9 heteroatoms. The van der Waals surface area contributed by atoms with Gasteiger partial charge in [0.2, 0.25) is 5.91 Å². The highest BCUT2D eigenvalue weighted by molar-refractivity contribution is 7.14. The van der Waals surface area contributed by atoms with Gasteiger partial charge in [0, 0.05) is 18.0 Å². The van der Waals surface area contributed by atoms with E-state index in [9.17, 15) is 14.4 Å². The monoisotopic (exact) mass is 425 g/mol. The Kier molecular flexibility index (Phi) is 6.76. The summed E-state index contributed by atoms with van der Waals surface area (Å²) in [6, 6.07) is 16.1. The number of ether oxygens (including phenoxy) is 2. The molecule has 2 N–H and O–H groups in total. The lowest BCUT2D eigenvalue weighted by atomic mass is 10.2. The highest BCUT2D eigenvalue weighted by Gasteiger charge is 2.21. The van der Waals surface area contributed by atoms with Crippen LogP contribution in [-0.2, 0) is 14.3 Å². The summed E-state index contributed by atoms with van der Waals surface area (Å²) in [6.07, 6.45) is -1.04. The normalized spacial score (nSPS) is 11.3. The Labute approximate surface area is 176 Å². The molecule has 0 saturated carbocycles. The Morgan fingerprint density at radius 1 is 0.967 bits per heavy atom. The molecule has 1 atom stereocenters. The van der Waals surface area contributed by atoms with Crippen LogP contribution in [0.3, 0.4) is 0 Å². The molecule has 30 heavy (non-hydrogen) atoms. The highest BCUT2D eigenvalue weighted by Crippen LogP contribution is 2.23. The SMILES string of the molecule is CC(=O)Nc1nc(C(=O)OC(C)C(=O)Nc2ccc(Oc3ccccc3)cc2)cs1. The quantitative estimate of drug-likeness (QED) is 0.553. The van der Waals surface area contributed by atoms with Crippen molar-refractivity contribution in [3.05, 3.63) is 65.7 Å². The average Bonchev–Trinajstić information content (AvgIpc) is 3.18. The summed E-state index contributed by atoms with van der Waals surface area (Å²) < 4.78 is 10.8. The molecule has 8 nitrogen and oxygen atoms in total. The molecule has 0 bridgehead atoms. The lowest BCUT2D eigenvalue weighted by molar-refractivity contribution is -0.123. The third-order valence-electron chi connectivity index (χ3n) is 3.75. The maximum Gasteiger partial charge on any atom is 0.358 e. The van der Waals surface area contributed by atoms with E-state index in [1.165, 1.54) is 19.2 Å². The fourth-order valence-corrected chi connectivity index (χ4v) is 3.05. The van der Waals surface area contributed by atoms with Gasteiger partial charge in [-0.3, -0.25) is 9.59 Å². The van der Waals surface area contributed by atoms with Crippen LogP contribution in [0.25, 0.3) is 0 Å². The number of benzene rings is 2. The molecule has 2 aromatic carbocycles. The molecule has 0 aliphatic heterocycles. The number of carbonyl (C=O) groups excluding carboxylic acids is 3. The van der Waals surface area contributed by atoms with Crippen molar-refractivity contribution in [1.82, 2.24) is 4.98 Å². The summed E-state index contributed by atoms with van der Waals surface area (Å²) in [4.78, 5) is 39.4. The Morgan fingerprint density at radius 2 is 1.63 bits per heavy atom. The van der Waals surface area contributed by atoms with Crippen LogP contribution in [-0.4, -0.2) is 28.9 Å². The number of carbonyl (C=O) groups is 3. The molecular weight excluding hydrogens is 406 g/mol. The van der Waals surface area contributed by atoms with Gasteiger partial charge in [0.05, 0.1) is 0 Å². The van der Waals surface area contributed by atoms with E-state index in [-0.39, 0.29) is 16.7 Å². The lowest BCUT2D eigenvalue weighted by Crippen LogP contribution is -2.30. The summed E-state index contributed by atoms with van der Waals surface area (Å²) in [5, 5.41) is 6.88. The number of amides is 2. The van der Waals surface area contributed by atoms with Crippen molar-refractivity contribution in [2.45, 2.75) is 20.0 Å². The minimum Gasteiger partial charge on any atom is -0.457 e. The average molecular weight is 425 g/mol. The van der Waals surface area contributed by atoms with Gasteiger partial charge in [-0.2, -0.15) is 0 Å². The van der Waals surface area contributed by atoms with E-state index < -0.39 is 18.0 Å². The maximum absolute atomic E-state index is 12.3. The maximum atomic E-state index is 12.3. The van der Waals surface area contributed by atoms with E-state index in [0.29, 0.717) is 17.2 Å². The molecule has 0 fully saturated rings.